The Kier molecular flexibility index (Phi) is 33.7. The number of phosphoric ester groups is 1. The molecule has 1 fully saturated rings. The highest BCUT2D eigenvalue weighted by molar-refractivity contribution is 7.47. The van der Waals surface area contributed by atoms with Gasteiger partial charge in [0, 0.05) is 19.4 Å². The first kappa shape index (κ1) is 51.4. The molecule has 1 rings (SSSR count). The van der Waals surface area contributed by atoms with Crippen molar-refractivity contribution in [3.05, 3.63) is 72.9 Å². The number of unbranched alkanes of at least 4 members (excludes halogenated alkanes) is 10. The standard InChI is InChI=1S/C45H76NO9P/c1-3-5-7-8-9-10-11-12-13-14-15-16-17-21-24-27-31-35-44(47)51-39-41(40-53-56(49,50)52-38-37-46)54-45(48)36-32-28-25-22-19-18-20-23-26-30-34-43-42(55-43)33-29-6-4-2/h12-13,15-16,18,20-22,24-26,30,41-43H,3-11,14,17,19,23,27-29,31-40,46H2,1-2H3,(H,49,50)/b13-12-,16-15-,20-18-,24-21-,25-22-,30-26-/t41-,42?,43?/m1/s1. The molecule has 0 spiro atoms. The van der Waals surface area contributed by atoms with Crippen LogP contribution < -0.4 is 5.73 Å². The van der Waals surface area contributed by atoms with Crippen LogP contribution in [0, 0.1) is 0 Å². The lowest BCUT2D eigenvalue weighted by molar-refractivity contribution is -0.161. The molecule has 3 unspecified atom stereocenters. The molecule has 0 radical (unpaired) electrons. The minimum Gasteiger partial charge on any atom is -0.462 e. The summed E-state index contributed by atoms with van der Waals surface area (Å²) in [6, 6.07) is 0. The Hall–Kier alpha value is -2.59. The minimum absolute atomic E-state index is 0.0328. The van der Waals surface area contributed by atoms with Crippen molar-refractivity contribution >= 4 is 19.8 Å². The van der Waals surface area contributed by atoms with Crippen LogP contribution in [0.15, 0.2) is 72.9 Å². The van der Waals surface area contributed by atoms with Crippen LogP contribution in [0.5, 0.6) is 0 Å². The van der Waals surface area contributed by atoms with E-state index in [-0.39, 0.29) is 32.6 Å². The van der Waals surface area contributed by atoms with Crippen LogP contribution >= 0.6 is 7.82 Å². The van der Waals surface area contributed by atoms with Crippen LogP contribution in [0.3, 0.4) is 0 Å². The Bertz CT molecular complexity index is 1210. The monoisotopic (exact) mass is 806 g/mol. The van der Waals surface area contributed by atoms with Gasteiger partial charge >= 0.3 is 19.8 Å². The quantitative estimate of drug-likeness (QED) is 0.0203. The van der Waals surface area contributed by atoms with E-state index >= 15 is 0 Å². The first-order valence-electron chi connectivity index (χ1n) is 21.5. The lowest BCUT2D eigenvalue weighted by Crippen LogP contribution is -2.29. The normalized spacial score (nSPS) is 17.6. The Labute approximate surface area is 339 Å². The Morgan fingerprint density at radius 2 is 1.16 bits per heavy atom. The number of phosphoric acid groups is 1. The fourth-order valence-electron chi connectivity index (χ4n) is 5.68. The van der Waals surface area contributed by atoms with Gasteiger partial charge in [-0.1, -0.05) is 138 Å². The van der Waals surface area contributed by atoms with Crippen LogP contribution in [-0.4, -0.2) is 61.5 Å². The summed E-state index contributed by atoms with van der Waals surface area (Å²) in [5, 5.41) is 0. The van der Waals surface area contributed by atoms with E-state index in [9.17, 15) is 19.0 Å². The van der Waals surface area contributed by atoms with E-state index < -0.39 is 32.5 Å². The Morgan fingerprint density at radius 3 is 1.77 bits per heavy atom. The highest BCUT2D eigenvalue weighted by Crippen LogP contribution is 2.43. The largest absolute Gasteiger partial charge is 0.472 e. The molecule has 0 bridgehead atoms. The molecular weight excluding hydrogens is 729 g/mol. The second-order valence-corrected chi connectivity index (χ2v) is 15.7. The number of allylic oxidation sites excluding steroid dienone is 11. The molecule has 4 atom stereocenters. The molecule has 3 N–H and O–H groups in total. The zero-order chi connectivity index (χ0) is 40.8. The van der Waals surface area contributed by atoms with Gasteiger partial charge in [0.1, 0.15) is 6.61 Å². The summed E-state index contributed by atoms with van der Waals surface area (Å²) in [7, 11) is -4.41. The Balaban J connectivity index is 2.27. The van der Waals surface area contributed by atoms with E-state index in [2.05, 4.69) is 74.6 Å². The number of hydrogen-bond acceptors (Lipinski definition) is 9. The summed E-state index contributed by atoms with van der Waals surface area (Å²) < 4.78 is 38.4. The topological polar surface area (TPSA) is 147 Å². The molecular formula is C45H76NO9P. The van der Waals surface area contributed by atoms with E-state index in [1.807, 2.05) is 12.2 Å². The van der Waals surface area contributed by atoms with Gasteiger partial charge in [-0.3, -0.25) is 18.6 Å². The summed E-state index contributed by atoms with van der Waals surface area (Å²) >= 11 is 0. The van der Waals surface area contributed by atoms with Gasteiger partial charge in [-0.05, 0) is 77.0 Å². The van der Waals surface area contributed by atoms with Crippen molar-refractivity contribution in [2.45, 2.75) is 173 Å². The molecule has 0 saturated carbocycles. The summed E-state index contributed by atoms with van der Waals surface area (Å²) in [5.41, 5.74) is 5.34. The number of esters is 2. The first-order chi connectivity index (χ1) is 27.3. The second-order valence-electron chi connectivity index (χ2n) is 14.2. The Morgan fingerprint density at radius 1 is 0.643 bits per heavy atom. The third kappa shape index (κ3) is 33.5. The van der Waals surface area contributed by atoms with Crippen LogP contribution in [0.2, 0.25) is 0 Å². The lowest BCUT2D eigenvalue weighted by atomic mass is 10.1. The predicted molar refractivity (Wildman–Crippen MR) is 228 cm³/mol. The lowest BCUT2D eigenvalue weighted by Gasteiger charge is -2.19. The first-order valence-corrected chi connectivity index (χ1v) is 23.0. The van der Waals surface area contributed by atoms with Gasteiger partial charge in [0.25, 0.3) is 0 Å². The van der Waals surface area contributed by atoms with Gasteiger partial charge in [0.2, 0.25) is 0 Å². The van der Waals surface area contributed by atoms with E-state index in [1.54, 1.807) is 0 Å². The van der Waals surface area contributed by atoms with Gasteiger partial charge < -0.3 is 24.8 Å². The fraction of sp³-hybridized carbons (Fsp3) is 0.689. The molecule has 1 heterocycles. The predicted octanol–water partition coefficient (Wildman–Crippen LogP) is 11.3. The summed E-state index contributed by atoms with van der Waals surface area (Å²) in [6.07, 6.45) is 46.9. The summed E-state index contributed by atoms with van der Waals surface area (Å²) in [6.45, 7) is 3.55. The van der Waals surface area contributed by atoms with Gasteiger partial charge in [-0.25, -0.2) is 4.57 Å². The minimum atomic E-state index is -4.41. The van der Waals surface area contributed by atoms with Crippen molar-refractivity contribution in [1.29, 1.82) is 0 Å². The fourth-order valence-corrected chi connectivity index (χ4v) is 6.44. The number of carbonyl (C=O) groups excluding carboxylic acids is 2. The van der Waals surface area contributed by atoms with Gasteiger partial charge in [-0.15, -0.1) is 0 Å². The molecule has 0 aliphatic carbocycles. The van der Waals surface area contributed by atoms with Gasteiger partial charge in [0.15, 0.2) is 6.10 Å². The summed E-state index contributed by atoms with van der Waals surface area (Å²) in [5.74, 6) is -0.967. The number of hydrogen-bond donors (Lipinski definition) is 2. The van der Waals surface area contributed by atoms with Gasteiger partial charge in [0.05, 0.1) is 25.4 Å². The number of rotatable bonds is 38. The van der Waals surface area contributed by atoms with Crippen molar-refractivity contribution in [3.8, 4) is 0 Å². The van der Waals surface area contributed by atoms with Crippen molar-refractivity contribution in [1.82, 2.24) is 0 Å². The number of epoxide rings is 1. The summed E-state index contributed by atoms with van der Waals surface area (Å²) in [4.78, 5) is 34.8. The maximum Gasteiger partial charge on any atom is 0.472 e. The SMILES string of the molecule is CCCCCCCC/C=C\C/C=C\C/C=C\CCCC(=O)OC[C@H](COP(=O)(O)OCCN)OC(=O)CCC/C=C\C/C=C\C/C=C\CC1OC1CCCCC. The second kappa shape index (κ2) is 36.7. The van der Waals surface area contributed by atoms with Crippen LogP contribution in [0.25, 0.3) is 0 Å². The van der Waals surface area contributed by atoms with E-state index in [1.165, 1.54) is 64.2 Å². The van der Waals surface area contributed by atoms with Crippen molar-refractivity contribution < 1.29 is 42.3 Å². The molecule has 0 aromatic heterocycles. The zero-order valence-electron chi connectivity index (χ0n) is 34.8. The van der Waals surface area contributed by atoms with E-state index in [0.717, 1.165) is 44.9 Å². The molecule has 0 aromatic rings. The van der Waals surface area contributed by atoms with Crippen LogP contribution in [-0.2, 0) is 37.4 Å². The van der Waals surface area contributed by atoms with Crippen molar-refractivity contribution in [3.63, 3.8) is 0 Å². The molecule has 11 heteroatoms. The van der Waals surface area contributed by atoms with Crippen LogP contribution in [0.1, 0.15) is 155 Å². The maximum absolute atomic E-state index is 12.6. The maximum atomic E-state index is 12.6. The van der Waals surface area contributed by atoms with Crippen LogP contribution in [0.4, 0.5) is 0 Å². The smallest absolute Gasteiger partial charge is 0.462 e. The highest BCUT2D eigenvalue weighted by atomic mass is 31.2. The molecule has 10 nitrogen and oxygen atoms in total. The molecule has 1 aliphatic heterocycles. The molecule has 0 amide bonds. The van der Waals surface area contributed by atoms with Gasteiger partial charge in [-0.2, -0.15) is 0 Å². The molecule has 1 saturated heterocycles. The van der Waals surface area contributed by atoms with E-state index in [0.29, 0.717) is 31.5 Å². The number of nitrogens with two attached hydrogens (primary N) is 1. The molecule has 320 valence electrons. The third-order valence-corrected chi connectivity index (χ3v) is 9.97. The third-order valence-electron chi connectivity index (χ3n) is 8.99. The molecule has 56 heavy (non-hydrogen) atoms. The molecule has 0 aromatic carbocycles. The van der Waals surface area contributed by atoms with E-state index in [4.69, 9.17) is 29.0 Å². The highest BCUT2D eigenvalue weighted by Gasteiger charge is 2.36. The zero-order valence-corrected chi connectivity index (χ0v) is 35.7. The number of carbonyl (C=O) groups is 2. The van der Waals surface area contributed by atoms with Crippen molar-refractivity contribution in [2.24, 2.45) is 5.73 Å². The average molecular weight is 806 g/mol. The number of ether oxygens (including phenoxy) is 3. The van der Waals surface area contributed by atoms with Crippen molar-refractivity contribution in [2.75, 3.05) is 26.4 Å². The average Bonchev–Trinajstić information content (AvgIpc) is 3.94. The molecule has 1 aliphatic rings.